The Labute approximate surface area is 147 Å². The van der Waals surface area contributed by atoms with Crippen molar-refractivity contribution in [3.8, 4) is 11.5 Å². The van der Waals surface area contributed by atoms with Crippen molar-refractivity contribution in [1.29, 1.82) is 0 Å². The molecule has 0 saturated carbocycles. The van der Waals surface area contributed by atoms with Crippen LogP contribution in [0.1, 0.15) is 20.3 Å². The number of anilines is 1. The van der Waals surface area contributed by atoms with Crippen molar-refractivity contribution in [3.05, 3.63) is 54.1 Å². The number of para-hydroxylation sites is 1. The monoisotopic (exact) mass is 347 g/mol. The molecule has 2 aromatic carbocycles. The maximum atomic E-state index is 14.3. The Morgan fingerprint density at radius 1 is 1.12 bits per heavy atom. The Morgan fingerprint density at radius 2 is 1.88 bits per heavy atom. The second-order valence-electron chi connectivity index (χ2n) is 6.35. The first kappa shape index (κ1) is 17.5. The van der Waals surface area contributed by atoms with Gasteiger partial charge in [0.25, 0.3) is 0 Å². The molecule has 0 aliphatic carbocycles. The van der Waals surface area contributed by atoms with E-state index in [9.17, 15) is 8.78 Å². The van der Waals surface area contributed by atoms with Crippen LogP contribution < -0.4 is 14.4 Å². The molecule has 1 heterocycles. The lowest BCUT2D eigenvalue weighted by atomic mass is 9.95. The molecule has 134 valence electrons. The summed E-state index contributed by atoms with van der Waals surface area (Å²) in [5, 5.41) is 0. The number of hydrogen-bond acceptors (Lipinski definition) is 3. The highest BCUT2D eigenvalue weighted by atomic mass is 19.2. The molecular formula is C20H23F2NO2. The summed E-state index contributed by atoms with van der Waals surface area (Å²) >= 11 is 0. The summed E-state index contributed by atoms with van der Waals surface area (Å²) in [5.74, 6) is -0.323. The number of piperidine rings is 1. The van der Waals surface area contributed by atoms with Gasteiger partial charge in [-0.1, -0.05) is 25.1 Å². The molecule has 3 rings (SSSR count). The van der Waals surface area contributed by atoms with Crippen LogP contribution in [0.5, 0.6) is 11.5 Å². The minimum absolute atomic E-state index is 0.0571. The van der Waals surface area contributed by atoms with E-state index in [1.54, 1.807) is 6.07 Å². The third-order valence-electron chi connectivity index (χ3n) is 4.49. The number of rotatable bonds is 5. The van der Waals surface area contributed by atoms with E-state index in [1.165, 1.54) is 0 Å². The van der Waals surface area contributed by atoms with Gasteiger partial charge >= 0.3 is 0 Å². The number of halogens is 2. The quantitative estimate of drug-likeness (QED) is 0.785. The van der Waals surface area contributed by atoms with Crippen LogP contribution in [0.3, 0.4) is 0 Å². The number of nitrogens with zero attached hydrogens (tertiary/aromatic N) is 1. The van der Waals surface area contributed by atoms with Gasteiger partial charge in [-0.2, -0.15) is 0 Å². The molecule has 2 atom stereocenters. The van der Waals surface area contributed by atoms with E-state index in [1.807, 2.05) is 42.2 Å². The molecule has 0 amide bonds. The van der Waals surface area contributed by atoms with Gasteiger partial charge in [-0.15, -0.1) is 0 Å². The smallest absolute Gasteiger partial charge is 0.182 e. The number of hydrogen-bond donors (Lipinski definition) is 0. The lowest BCUT2D eigenvalue weighted by Gasteiger charge is -2.38. The Balaban J connectivity index is 1.72. The SMILES string of the molecule is CCOc1cc(F)c(F)c(N2CCC(Oc3ccccc3)C(C)C2)c1. The maximum Gasteiger partial charge on any atom is 0.182 e. The fourth-order valence-electron chi connectivity index (χ4n) is 3.22. The van der Waals surface area contributed by atoms with E-state index in [4.69, 9.17) is 9.47 Å². The molecular weight excluding hydrogens is 324 g/mol. The largest absolute Gasteiger partial charge is 0.494 e. The van der Waals surface area contributed by atoms with Crippen LogP contribution in [0.15, 0.2) is 42.5 Å². The molecule has 2 aromatic rings. The van der Waals surface area contributed by atoms with Crippen molar-refractivity contribution in [2.24, 2.45) is 5.92 Å². The van der Waals surface area contributed by atoms with Crippen LogP contribution in [0.2, 0.25) is 0 Å². The standard InChI is InChI=1S/C20H23F2NO2/c1-3-24-16-11-17(21)20(22)18(12-16)23-10-9-19(14(2)13-23)25-15-7-5-4-6-8-15/h4-8,11-12,14,19H,3,9-10,13H2,1-2H3. The van der Waals surface area contributed by atoms with E-state index >= 15 is 0 Å². The van der Waals surface area contributed by atoms with Crippen LogP contribution >= 0.6 is 0 Å². The maximum absolute atomic E-state index is 14.3. The van der Waals surface area contributed by atoms with Gasteiger partial charge in [0.2, 0.25) is 0 Å². The summed E-state index contributed by atoms with van der Waals surface area (Å²) in [6.45, 7) is 5.50. The summed E-state index contributed by atoms with van der Waals surface area (Å²) in [5.41, 5.74) is 0.258. The van der Waals surface area contributed by atoms with Crippen molar-refractivity contribution >= 4 is 5.69 Å². The van der Waals surface area contributed by atoms with Gasteiger partial charge in [0.15, 0.2) is 11.6 Å². The van der Waals surface area contributed by atoms with Gasteiger partial charge in [0, 0.05) is 37.6 Å². The van der Waals surface area contributed by atoms with E-state index in [2.05, 4.69) is 6.92 Å². The predicted octanol–water partition coefficient (Wildman–Crippen LogP) is 4.66. The lowest BCUT2D eigenvalue weighted by Crippen LogP contribution is -2.44. The molecule has 3 nitrogen and oxygen atoms in total. The second-order valence-corrected chi connectivity index (χ2v) is 6.35. The van der Waals surface area contributed by atoms with Crippen LogP contribution in [0.4, 0.5) is 14.5 Å². The van der Waals surface area contributed by atoms with E-state index < -0.39 is 11.6 Å². The summed E-state index contributed by atoms with van der Waals surface area (Å²) in [6, 6.07) is 12.4. The Morgan fingerprint density at radius 3 is 2.56 bits per heavy atom. The fourth-order valence-corrected chi connectivity index (χ4v) is 3.22. The highest BCUT2D eigenvalue weighted by Gasteiger charge is 2.30. The van der Waals surface area contributed by atoms with Crippen LogP contribution in [0, 0.1) is 17.6 Å². The summed E-state index contributed by atoms with van der Waals surface area (Å²) in [7, 11) is 0. The predicted molar refractivity (Wildman–Crippen MR) is 94.4 cm³/mol. The molecule has 0 spiro atoms. The van der Waals surface area contributed by atoms with Gasteiger partial charge in [-0.3, -0.25) is 0 Å². The molecule has 1 aliphatic heterocycles. The molecule has 1 fully saturated rings. The Hall–Kier alpha value is -2.30. The molecule has 0 N–H and O–H groups in total. The topological polar surface area (TPSA) is 21.7 Å². The number of benzene rings is 2. The first-order valence-corrected chi connectivity index (χ1v) is 8.67. The third-order valence-corrected chi connectivity index (χ3v) is 4.49. The third kappa shape index (κ3) is 4.03. The lowest BCUT2D eigenvalue weighted by molar-refractivity contribution is 0.121. The van der Waals surface area contributed by atoms with Crippen molar-refractivity contribution in [2.45, 2.75) is 26.4 Å². The van der Waals surface area contributed by atoms with Gasteiger partial charge in [0.1, 0.15) is 17.6 Å². The van der Waals surface area contributed by atoms with E-state index in [0.717, 1.165) is 18.2 Å². The van der Waals surface area contributed by atoms with Crippen molar-refractivity contribution in [2.75, 3.05) is 24.6 Å². The van der Waals surface area contributed by atoms with Crippen LogP contribution in [0.25, 0.3) is 0 Å². The summed E-state index contributed by atoms with van der Waals surface area (Å²) < 4.78 is 39.5. The van der Waals surface area contributed by atoms with Gasteiger partial charge in [-0.25, -0.2) is 8.78 Å². The first-order chi connectivity index (χ1) is 12.1. The summed E-state index contributed by atoms with van der Waals surface area (Å²) in [4.78, 5) is 1.87. The van der Waals surface area contributed by atoms with E-state index in [0.29, 0.717) is 25.4 Å². The molecule has 0 bridgehead atoms. The van der Waals surface area contributed by atoms with Crippen LogP contribution in [-0.4, -0.2) is 25.8 Å². The highest BCUT2D eigenvalue weighted by molar-refractivity contribution is 5.53. The van der Waals surface area contributed by atoms with Crippen molar-refractivity contribution in [3.63, 3.8) is 0 Å². The van der Waals surface area contributed by atoms with Gasteiger partial charge < -0.3 is 14.4 Å². The van der Waals surface area contributed by atoms with Gasteiger partial charge in [0.05, 0.1) is 12.3 Å². The number of ether oxygens (including phenoxy) is 2. The molecule has 0 radical (unpaired) electrons. The Bertz CT molecular complexity index is 708. The molecule has 0 aromatic heterocycles. The minimum atomic E-state index is -0.878. The molecule has 5 heteroatoms. The zero-order valence-electron chi connectivity index (χ0n) is 14.5. The van der Waals surface area contributed by atoms with Crippen LogP contribution in [-0.2, 0) is 0 Å². The van der Waals surface area contributed by atoms with Crippen molar-refractivity contribution in [1.82, 2.24) is 0 Å². The minimum Gasteiger partial charge on any atom is -0.494 e. The van der Waals surface area contributed by atoms with E-state index in [-0.39, 0.29) is 17.7 Å². The molecule has 1 saturated heterocycles. The zero-order chi connectivity index (χ0) is 17.8. The normalized spacial score (nSPS) is 20.4. The zero-order valence-corrected chi connectivity index (χ0v) is 14.5. The van der Waals surface area contributed by atoms with Gasteiger partial charge in [-0.05, 0) is 19.1 Å². The average molecular weight is 347 g/mol. The van der Waals surface area contributed by atoms with Crippen molar-refractivity contribution < 1.29 is 18.3 Å². The first-order valence-electron chi connectivity index (χ1n) is 8.67. The molecule has 1 aliphatic rings. The molecule has 2 unspecified atom stereocenters. The fraction of sp³-hybridized carbons (Fsp3) is 0.400. The highest BCUT2D eigenvalue weighted by Crippen LogP contribution is 2.32. The summed E-state index contributed by atoms with van der Waals surface area (Å²) in [6.07, 6.45) is 0.803. The Kier molecular flexibility index (Phi) is 5.41. The second kappa shape index (κ2) is 7.72. The molecule has 25 heavy (non-hydrogen) atoms. The average Bonchev–Trinajstić information content (AvgIpc) is 2.61.